The number of halogens is 1. The molecule has 1 aromatic rings. The van der Waals surface area contributed by atoms with E-state index in [1.807, 2.05) is 0 Å². The van der Waals surface area contributed by atoms with Crippen LogP contribution >= 0.6 is 11.6 Å². The van der Waals surface area contributed by atoms with Crippen molar-refractivity contribution in [2.24, 2.45) is 0 Å². The van der Waals surface area contributed by atoms with Gasteiger partial charge < -0.3 is 0 Å². The van der Waals surface area contributed by atoms with Crippen molar-refractivity contribution >= 4 is 11.6 Å². The third kappa shape index (κ3) is 3.32. The Hall–Kier alpha value is -0.530. The molecule has 0 heterocycles. The molecule has 0 aliphatic carbocycles. The van der Waals surface area contributed by atoms with E-state index in [4.69, 9.17) is 11.6 Å². The molecule has 0 saturated heterocycles. The molecule has 1 rings (SSSR count). The molecule has 0 fully saturated rings. The number of nitrogens with one attached hydrogen (secondary N) is 1. The van der Waals surface area contributed by atoms with Gasteiger partial charge in [0.15, 0.2) is 0 Å². The second kappa shape index (κ2) is 4.81. The van der Waals surface area contributed by atoms with E-state index in [0.717, 1.165) is 6.54 Å². The first-order valence-corrected chi connectivity index (χ1v) is 5.43. The number of alkyl halides is 1. The normalized spacial score (nSPS) is 11.7. The molecule has 0 radical (unpaired) electrons. The van der Waals surface area contributed by atoms with E-state index < -0.39 is 0 Å². The smallest absolute Gasteiger partial charge is 0.0716 e. The van der Waals surface area contributed by atoms with E-state index in [9.17, 15) is 0 Å². The molecule has 0 unspecified atom stereocenters. The zero-order chi connectivity index (χ0) is 10.6. The third-order valence-electron chi connectivity index (χ3n) is 2.24. The van der Waals surface area contributed by atoms with Gasteiger partial charge in [0.25, 0.3) is 0 Å². The molecule has 1 N–H and O–H groups in total. The summed E-state index contributed by atoms with van der Waals surface area (Å²) >= 11 is 5.54. The number of rotatable bonds is 3. The van der Waals surface area contributed by atoms with Gasteiger partial charge in [-0.05, 0) is 16.5 Å². The minimum Gasteiger partial charge on any atom is -0.300 e. The van der Waals surface area contributed by atoms with Crippen LogP contribution in [0.1, 0.15) is 31.9 Å². The summed E-state index contributed by atoms with van der Waals surface area (Å²) in [7, 11) is 0. The summed E-state index contributed by atoms with van der Waals surface area (Å²) in [6, 6.07) is 9.18. The average molecular weight is 212 g/mol. The summed E-state index contributed by atoms with van der Waals surface area (Å²) < 4.78 is 0. The minimum atomic E-state index is 0.235. The predicted molar refractivity (Wildman–Crippen MR) is 62.7 cm³/mol. The summed E-state index contributed by atoms with van der Waals surface area (Å²) in [5, 5.41) is 3.09. The van der Waals surface area contributed by atoms with Crippen molar-refractivity contribution in [2.75, 3.05) is 6.00 Å². The van der Waals surface area contributed by atoms with Gasteiger partial charge in [-0.15, -0.1) is 11.6 Å². The van der Waals surface area contributed by atoms with Gasteiger partial charge in [0, 0.05) is 6.54 Å². The molecule has 0 spiro atoms. The molecule has 1 aromatic carbocycles. The van der Waals surface area contributed by atoms with Crippen LogP contribution in [0.15, 0.2) is 24.3 Å². The SMILES string of the molecule is CC(C)(C)c1ccc(CNCCl)cc1. The Morgan fingerprint density at radius 2 is 1.71 bits per heavy atom. The quantitative estimate of drug-likeness (QED) is 0.598. The average Bonchev–Trinajstić information content (AvgIpc) is 2.14. The lowest BCUT2D eigenvalue weighted by atomic mass is 9.87. The Bertz CT molecular complexity index is 271. The highest BCUT2D eigenvalue weighted by molar-refractivity contribution is 6.17. The van der Waals surface area contributed by atoms with Crippen LogP contribution in [0.3, 0.4) is 0 Å². The predicted octanol–water partition coefficient (Wildman–Crippen LogP) is 3.27. The van der Waals surface area contributed by atoms with Crippen LogP contribution < -0.4 is 5.32 Å². The molecule has 14 heavy (non-hydrogen) atoms. The van der Waals surface area contributed by atoms with Crippen LogP contribution in [0.25, 0.3) is 0 Å². The zero-order valence-electron chi connectivity index (χ0n) is 9.10. The molecule has 0 bridgehead atoms. The van der Waals surface area contributed by atoms with Gasteiger partial charge in [0.1, 0.15) is 0 Å². The Balaban J connectivity index is 2.69. The minimum absolute atomic E-state index is 0.235. The van der Waals surface area contributed by atoms with E-state index in [1.54, 1.807) is 0 Å². The van der Waals surface area contributed by atoms with Gasteiger partial charge >= 0.3 is 0 Å². The first-order chi connectivity index (χ1) is 6.54. The largest absolute Gasteiger partial charge is 0.300 e. The topological polar surface area (TPSA) is 12.0 Å². The van der Waals surface area contributed by atoms with Gasteiger partial charge in [-0.3, -0.25) is 5.32 Å². The standard InChI is InChI=1S/C12H18ClN/c1-12(2,3)11-6-4-10(5-7-11)8-14-9-13/h4-7,14H,8-9H2,1-3H3. The fraction of sp³-hybridized carbons (Fsp3) is 0.500. The van der Waals surface area contributed by atoms with Crippen molar-refractivity contribution in [1.82, 2.24) is 5.32 Å². The monoisotopic (exact) mass is 211 g/mol. The Morgan fingerprint density at radius 3 is 2.14 bits per heavy atom. The van der Waals surface area contributed by atoms with Gasteiger partial charge in [-0.25, -0.2) is 0 Å². The van der Waals surface area contributed by atoms with Crippen LogP contribution in [-0.2, 0) is 12.0 Å². The van der Waals surface area contributed by atoms with Gasteiger partial charge in [-0.2, -0.15) is 0 Å². The molecule has 1 nitrogen and oxygen atoms in total. The Kier molecular flexibility index (Phi) is 3.97. The highest BCUT2D eigenvalue weighted by Crippen LogP contribution is 2.21. The maximum absolute atomic E-state index is 5.54. The fourth-order valence-electron chi connectivity index (χ4n) is 1.31. The number of hydrogen-bond donors (Lipinski definition) is 1. The molecule has 78 valence electrons. The van der Waals surface area contributed by atoms with Crippen molar-refractivity contribution in [3.05, 3.63) is 35.4 Å². The molecular weight excluding hydrogens is 194 g/mol. The van der Waals surface area contributed by atoms with Crippen molar-refractivity contribution in [2.45, 2.75) is 32.7 Å². The van der Waals surface area contributed by atoms with E-state index in [2.05, 4.69) is 50.4 Å². The second-order valence-electron chi connectivity index (χ2n) is 4.51. The van der Waals surface area contributed by atoms with Gasteiger partial charge in [-0.1, -0.05) is 45.0 Å². The van der Waals surface area contributed by atoms with Crippen LogP contribution in [0.4, 0.5) is 0 Å². The molecular formula is C12H18ClN. The highest BCUT2D eigenvalue weighted by Gasteiger charge is 2.12. The van der Waals surface area contributed by atoms with Crippen LogP contribution in [0, 0.1) is 0 Å². The van der Waals surface area contributed by atoms with Crippen molar-refractivity contribution in [3.8, 4) is 0 Å². The molecule has 0 aromatic heterocycles. The van der Waals surface area contributed by atoms with E-state index in [-0.39, 0.29) is 5.41 Å². The lowest BCUT2D eigenvalue weighted by Crippen LogP contribution is -2.12. The summed E-state index contributed by atoms with van der Waals surface area (Å²) in [6.07, 6.45) is 0. The van der Waals surface area contributed by atoms with Crippen molar-refractivity contribution < 1.29 is 0 Å². The molecule has 0 aliphatic rings. The molecule has 0 aliphatic heterocycles. The Morgan fingerprint density at radius 1 is 1.14 bits per heavy atom. The number of hydrogen-bond acceptors (Lipinski definition) is 1. The molecule has 0 atom stereocenters. The van der Waals surface area contributed by atoms with Gasteiger partial charge in [0.2, 0.25) is 0 Å². The van der Waals surface area contributed by atoms with Crippen LogP contribution in [0.2, 0.25) is 0 Å². The summed E-state index contributed by atoms with van der Waals surface area (Å²) in [6.45, 7) is 7.50. The van der Waals surface area contributed by atoms with Crippen LogP contribution in [0.5, 0.6) is 0 Å². The maximum Gasteiger partial charge on any atom is 0.0716 e. The molecule has 0 amide bonds. The van der Waals surface area contributed by atoms with Crippen molar-refractivity contribution in [3.63, 3.8) is 0 Å². The Labute approximate surface area is 91.5 Å². The third-order valence-corrected chi connectivity index (χ3v) is 2.43. The molecule has 0 saturated carbocycles. The first kappa shape index (κ1) is 11.5. The zero-order valence-corrected chi connectivity index (χ0v) is 9.86. The molecule has 2 heteroatoms. The maximum atomic E-state index is 5.54. The lowest BCUT2D eigenvalue weighted by molar-refractivity contribution is 0.589. The lowest BCUT2D eigenvalue weighted by Gasteiger charge is -2.19. The highest BCUT2D eigenvalue weighted by atomic mass is 35.5. The second-order valence-corrected chi connectivity index (χ2v) is 4.77. The number of benzene rings is 1. The first-order valence-electron chi connectivity index (χ1n) is 4.90. The van der Waals surface area contributed by atoms with E-state index >= 15 is 0 Å². The van der Waals surface area contributed by atoms with E-state index in [0.29, 0.717) is 6.00 Å². The van der Waals surface area contributed by atoms with Crippen LogP contribution in [-0.4, -0.2) is 6.00 Å². The summed E-state index contributed by atoms with van der Waals surface area (Å²) in [4.78, 5) is 0. The van der Waals surface area contributed by atoms with Gasteiger partial charge in [0.05, 0.1) is 6.00 Å². The fourth-order valence-corrected chi connectivity index (χ4v) is 1.41. The summed E-state index contributed by atoms with van der Waals surface area (Å²) in [5.41, 5.74) is 2.88. The summed E-state index contributed by atoms with van der Waals surface area (Å²) in [5.74, 6) is 0. The van der Waals surface area contributed by atoms with Crippen molar-refractivity contribution in [1.29, 1.82) is 0 Å². The van der Waals surface area contributed by atoms with E-state index in [1.165, 1.54) is 11.1 Å².